The lowest BCUT2D eigenvalue weighted by atomic mass is 10.1. The van der Waals surface area contributed by atoms with Crippen LogP contribution in [0.5, 0.6) is 5.75 Å². The van der Waals surface area contributed by atoms with Crippen molar-refractivity contribution < 1.29 is 19.1 Å². The molecule has 6 nitrogen and oxygen atoms in total. The molecular weight excluding hydrogens is 380 g/mol. The van der Waals surface area contributed by atoms with E-state index in [9.17, 15) is 9.59 Å². The van der Waals surface area contributed by atoms with Gasteiger partial charge in [-0.1, -0.05) is 31.2 Å². The molecule has 2 amide bonds. The minimum atomic E-state index is -0.211. The zero-order valence-electron chi connectivity index (χ0n) is 17.7. The summed E-state index contributed by atoms with van der Waals surface area (Å²) in [6, 6.07) is 14.7. The quantitative estimate of drug-likeness (QED) is 0.677. The van der Waals surface area contributed by atoms with Gasteiger partial charge in [-0.05, 0) is 56.0 Å². The molecule has 0 spiro atoms. The molecule has 0 bridgehead atoms. The first kappa shape index (κ1) is 21.8. The van der Waals surface area contributed by atoms with Crippen molar-refractivity contribution in [2.24, 2.45) is 0 Å². The van der Waals surface area contributed by atoms with Crippen molar-refractivity contribution in [1.82, 2.24) is 4.90 Å². The van der Waals surface area contributed by atoms with Gasteiger partial charge in [0.1, 0.15) is 18.9 Å². The molecule has 0 aromatic heterocycles. The summed E-state index contributed by atoms with van der Waals surface area (Å²) >= 11 is 0. The van der Waals surface area contributed by atoms with Gasteiger partial charge in [-0.25, -0.2) is 0 Å². The lowest BCUT2D eigenvalue weighted by Gasteiger charge is -2.22. The van der Waals surface area contributed by atoms with Crippen molar-refractivity contribution in [1.29, 1.82) is 0 Å². The Morgan fingerprint density at radius 3 is 2.77 bits per heavy atom. The summed E-state index contributed by atoms with van der Waals surface area (Å²) < 4.78 is 11.4. The lowest BCUT2D eigenvalue weighted by Crippen LogP contribution is -2.38. The number of benzene rings is 2. The highest BCUT2D eigenvalue weighted by Crippen LogP contribution is 2.19. The zero-order chi connectivity index (χ0) is 21.3. The van der Waals surface area contributed by atoms with Crippen LogP contribution in [0.4, 0.5) is 5.69 Å². The van der Waals surface area contributed by atoms with Crippen LogP contribution < -0.4 is 10.1 Å². The molecule has 1 fully saturated rings. The van der Waals surface area contributed by atoms with Crippen LogP contribution in [0.1, 0.15) is 42.1 Å². The van der Waals surface area contributed by atoms with Crippen LogP contribution in [0.3, 0.4) is 0 Å². The van der Waals surface area contributed by atoms with Gasteiger partial charge in [0, 0.05) is 24.4 Å². The summed E-state index contributed by atoms with van der Waals surface area (Å²) in [6.45, 7) is 5.69. The molecule has 30 heavy (non-hydrogen) atoms. The van der Waals surface area contributed by atoms with Crippen molar-refractivity contribution in [2.75, 3.05) is 31.6 Å². The largest absolute Gasteiger partial charge is 0.491 e. The number of nitrogens with one attached hydrogen (secondary N) is 1. The van der Waals surface area contributed by atoms with E-state index in [1.165, 1.54) is 0 Å². The van der Waals surface area contributed by atoms with Gasteiger partial charge in [0.05, 0.1) is 6.10 Å². The standard InChI is InChI=1S/C24H30N2O4/c1-3-13-26(16-23(27)25-22-12-5-4-8-18(22)2)24(28)19-9-6-10-20(15-19)30-17-21-11-7-14-29-21/h4-6,8-10,12,15,21H,3,7,11,13-14,16-17H2,1-2H3,(H,25,27). The highest BCUT2D eigenvalue weighted by Gasteiger charge is 2.20. The summed E-state index contributed by atoms with van der Waals surface area (Å²) in [5.41, 5.74) is 2.25. The van der Waals surface area contributed by atoms with E-state index in [4.69, 9.17) is 9.47 Å². The number of para-hydroxylation sites is 1. The Morgan fingerprint density at radius 1 is 1.20 bits per heavy atom. The van der Waals surface area contributed by atoms with Gasteiger partial charge >= 0.3 is 0 Å². The lowest BCUT2D eigenvalue weighted by molar-refractivity contribution is -0.116. The summed E-state index contributed by atoms with van der Waals surface area (Å²) in [5, 5.41) is 2.90. The van der Waals surface area contributed by atoms with Crippen LogP contribution in [0.2, 0.25) is 0 Å². The maximum atomic E-state index is 13.1. The zero-order valence-corrected chi connectivity index (χ0v) is 17.7. The minimum Gasteiger partial charge on any atom is -0.491 e. The fourth-order valence-corrected chi connectivity index (χ4v) is 3.46. The Kier molecular flexibility index (Phi) is 7.85. The molecule has 1 atom stereocenters. The average Bonchev–Trinajstić information content (AvgIpc) is 3.27. The molecule has 2 aromatic carbocycles. The first-order valence-corrected chi connectivity index (χ1v) is 10.6. The van der Waals surface area contributed by atoms with E-state index in [1.807, 2.05) is 44.2 Å². The summed E-state index contributed by atoms with van der Waals surface area (Å²) in [6.07, 6.45) is 2.94. The number of aryl methyl sites for hydroxylation is 1. The highest BCUT2D eigenvalue weighted by molar-refractivity contribution is 5.99. The van der Waals surface area contributed by atoms with Gasteiger partial charge in [0.2, 0.25) is 5.91 Å². The van der Waals surface area contributed by atoms with E-state index in [-0.39, 0.29) is 24.5 Å². The fraction of sp³-hybridized carbons (Fsp3) is 0.417. The Bertz CT molecular complexity index is 862. The molecule has 3 rings (SSSR count). The SMILES string of the molecule is CCCN(CC(=O)Nc1ccccc1C)C(=O)c1cccc(OCC2CCCO2)c1. The number of anilines is 1. The first-order valence-electron chi connectivity index (χ1n) is 10.6. The molecule has 0 saturated carbocycles. The molecule has 0 aliphatic carbocycles. The maximum absolute atomic E-state index is 13.1. The van der Waals surface area contributed by atoms with E-state index in [0.717, 1.165) is 37.1 Å². The fourth-order valence-electron chi connectivity index (χ4n) is 3.46. The Morgan fingerprint density at radius 2 is 2.03 bits per heavy atom. The van der Waals surface area contributed by atoms with Crippen molar-refractivity contribution in [3.63, 3.8) is 0 Å². The monoisotopic (exact) mass is 410 g/mol. The average molecular weight is 411 g/mol. The van der Waals surface area contributed by atoms with Crippen LogP contribution in [0.25, 0.3) is 0 Å². The van der Waals surface area contributed by atoms with E-state index < -0.39 is 0 Å². The normalized spacial score (nSPS) is 15.6. The van der Waals surface area contributed by atoms with Crippen LogP contribution >= 0.6 is 0 Å². The number of nitrogens with zero attached hydrogens (tertiary/aromatic N) is 1. The van der Waals surface area contributed by atoms with Gasteiger partial charge in [-0.2, -0.15) is 0 Å². The molecule has 6 heteroatoms. The first-order chi connectivity index (χ1) is 14.6. The minimum absolute atomic E-state index is 0.00199. The van der Waals surface area contributed by atoms with Gasteiger partial charge in [-0.15, -0.1) is 0 Å². The van der Waals surface area contributed by atoms with Crippen LogP contribution in [-0.4, -0.2) is 49.1 Å². The number of amides is 2. The Labute approximate surface area is 178 Å². The smallest absolute Gasteiger partial charge is 0.254 e. The number of hydrogen-bond donors (Lipinski definition) is 1. The van der Waals surface area contributed by atoms with Gasteiger partial charge in [-0.3, -0.25) is 9.59 Å². The predicted molar refractivity (Wildman–Crippen MR) is 117 cm³/mol. The second-order valence-electron chi connectivity index (χ2n) is 7.56. The summed E-state index contributed by atoms with van der Waals surface area (Å²) in [5.74, 6) is 0.244. The Balaban J connectivity index is 1.63. The predicted octanol–water partition coefficient (Wildman–Crippen LogP) is 4.04. The Hall–Kier alpha value is -2.86. The number of rotatable bonds is 9. The van der Waals surface area contributed by atoms with Crippen LogP contribution in [0, 0.1) is 6.92 Å². The van der Waals surface area contributed by atoms with E-state index >= 15 is 0 Å². The molecule has 0 radical (unpaired) electrons. The third-order valence-electron chi connectivity index (χ3n) is 5.08. The second kappa shape index (κ2) is 10.8. The molecular formula is C24H30N2O4. The van der Waals surface area contributed by atoms with Crippen molar-refractivity contribution in [2.45, 2.75) is 39.2 Å². The molecule has 1 N–H and O–H groups in total. The van der Waals surface area contributed by atoms with Crippen molar-refractivity contribution in [3.05, 3.63) is 59.7 Å². The number of hydrogen-bond acceptors (Lipinski definition) is 4. The van der Waals surface area contributed by atoms with Crippen molar-refractivity contribution in [3.8, 4) is 5.75 Å². The maximum Gasteiger partial charge on any atom is 0.254 e. The summed E-state index contributed by atoms with van der Waals surface area (Å²) in [4.78, 5) is 27.2. The van der Waals surface area contributed by atoms with E-state index in [1.54, 1.807) is 23.1 Å². The molecule has 2 aromatic rings. The van der Waals surface area contributed by atoms with Crippen molar-refractivity contribution >= 4 is 17.5 Å². The highest BCUT2D eigenvalue weighted by atomic mass is 16.5. The van der Waals surface area contributed by atoms with Gasteiger partial charge in [0.25, 0.3) is 5.91 Å². The molecule has 1 aliphatic heterocycles. The third-order valence-corrected chi connectivity index (χ3v) is 5.08. The topological polar surface area (TPSA) is 67.9 Å². The molecule has 1 unspecified atom stereocenters. The molecule has 1 saturated heterocycles. The molecule has 1 heterocycles. The van der Waals surface area contributed by atoms with Crippen LogP contribution in [0.15, 0.2) is 48.5 Å². The van der Waals surface area contributed by atoms with E-state index in [0.29, 0.717) is 24.5 Å². The second-order valence-corrected chi connectivity index (χ2v) is 7.56. The number of carbonyl (C=O) groups excluding carboxylic acids is 2. The summed E-state index contributed by atoms with van der Waals surface area (Å²) in [7, 11) is 0. The molecule has 160 valence electrons. The molecule has 1 aliphatic rings. The van der Waals surface area contributed by atoms with E-state index in [2.05, 4.69) is 5.32 Å². The number of ether oxygens (including phenoxy) is 2. The number of carbonyl (C=O) groups is 2. The van der Waals surface area contributed by atoms with Gasteiger partial charge in [0.15, 0.2) is 0 Å². The van der Waals surface area contributed by atoms with Gasteiger partial charge < -0.3 is 19.7 Å². The van der Waals surface area contributed by atoms with Crippen LogP contribution in [-0.2, 0) is 9.53 Å². The third kappa shape index (κ3) is 6.07.